The van der Waals surface area contributed by atoms with Crippen LogP contribution in [-0.4, -0.2) is 20.7 Å². The summed E-state index contributed by atoms with van der Waals surface area (Å²) in [5.41, 5.74) is 2.26. The molecule has 0 fully saturated rings. The zero-order valence-corrected chi connectivity index (χ0v) is 13.2. The Kier molecular flexibility index (Phi) is 4.29. The number of para-hydroxylation sites is 1. The van der Waals surface area contributed by atoms with Crippen molar-refractivity contribution < 1.29 is 4.79 Å². The van der Waals surface area contributed by atoms with Gasteiger partial charge in [-0.05, 0) is 39.7 Å². The van der Waals surface area contributed by atoms with E-state index in [9.17, 15) is 4.79 Å². The van der Waals surface area contributed by atoms with Gasteiger partial charge in [0.1, 0.15) is 0 Å². The minimum absolute atomic E-state index is 0.193. The lowest BCUT2D eigenvalue weighted by molar-refractivity contribution is 0.102. The van der Waals surface area contributed by atoms with Gasteiger partial charge in [0, 0.05) is 34.9 Å². The summed E-state index contributed by atoms with van der Waals surface area (Å²) in [6.07, 6.45) is 6.80. The van der Waals surface area contributed by atoms with Gasteiger partial charge in [-0.3, -0.25) is 14.5 Å². The van der Waals surface area contributed by atoms with Crippen molar-refractivity contribution in [2.45, 2.75) is 6.54 Å². The zero-order chi connectivity index (χ0) is 15.4. The molecule has 0 saturated heterocycles. The number of pyridine rings is 1. The largest absolute Gasteiger partial charge is 0.322 e. The number of aromatic nitrogens is 3. The molecule has 2 aromatic heterocycles. The third-order valence-corrected chi connectivity index (χ3v) is 3.56. The molecule has 0 aliphatic heterocycles. The Labute approximate surface area is 136 Å². The SMILES string of the molecule is O=C(Nc1ccccc1Cn1cccn1)c1cncc(Br)c1. The number of halogens is 1. The molecule has 22 heavy (non-hydrogen) atoms. The van der Waals surface area contributed by atoms with Crippen molar-refractivity contribution in [3.63, 3.8) is 0 Å². The van der Waals surface area contributed by atoms with Crippen LogP contribution < -0.4 is 5.32 Å². The Bertz CT molecular complexity index is 786. The molecule has 2 heterocycles. The zero-order valence-electron chi connectivity index (χ0n) is 11.6. The summed E-state index contributed by atoms with van der Waals surface area (Å²) < 4.78 is 2.58. The van der Waals surface area contributed by atoms with Gasteiger partial charge < -0.3 is 5.32 Å². The van der Waals surface area contributed by atoms with Crippen molar-refractivity contribution in [1.29, 1.82) is 0 Å². The molecule has 1 N–H and O–H groups in total. The molecule has 0 saturated carbocycles. The maximum Gasteiger partial charge on any atom is 0.257 e. The number of carbonyl (C=O) groups is 1. The molecule has 0 bridgehead atoms. The van der Waals surface area contributed by atoms with Gasteiger partial charge >= 0.3 is 0 Å². The molecular formula is C16H13BrN4O. The predicted molar refractivity (Wildman–Crippen MR) is 87.7 cm³/mol. The highest BCUT2D eigenvalue weighted by molar-refractivity contribution is 9.10. The number of anilines is 1. The van der Waals surface area contributed by atoms with E-state index < -0.39 is 0 Å². The number of carbonyl (C=O) groups excluding carboxylic acids is 1. The topological polar surface area (TPSA) is 59.8 Å². The summed E-state index contributed by atoms with van der Waals surface area (Å²) in [7, 11) is 0. The van der Waals surface area contributed by atoms with Crippen molar-refractivity contribution >= 4 is 27.5 Å². The fourth-order valence-corrected chi connectivity index (χ4v) is 2.44. The van der Waals surface area contributed by atoms with Crippen LogP contribution in [0, 0.1) is 0 Å². The van der Waals surface area contributed by atoms with Crippen molar-refractivity contribution in [3.05, 3.63) is 76.8 Å². The predicted octanol–water partition coefficient (Wildman–Crippen LogP) is 3.34. The first-order chi connectivity index (χ1) is 10.7. The van der Waals surface area contributed by atoms with Gasteiger partial charge in [-0.25, -0.2) is 0 Å². The van der Waals surface area contributed by atoms with Gasteiger partial charge in [0.05, 0.1) is 12.1 Å². The lowest BCUT2D eigenvalue weighted by Gasteiger charge is -2.11. The van der Waals surface area contributed by atoms with Crippen LogP contribution in [0.15, 0.2) is 65.7 Å². The van der Waals surface area contributed by atoms with Gasteiger partial charge in [0.2, 0.25) is 0 Å². The molecule has 1 amide bonds. The number of nitrogens with zero attached hydrogens (tertiary/aromatic N) is 3. The van der Waals surface area contributed by atoms with Crippen LogP contribution in [0.25, 0.3) is 0 Å². The number of rotatable bonds is 4. The van der Waals surface area contributed by atoms with E-state index in [1.54, 1.807) is 18.5 Å². The van der Waals surface area contributed by atoms with Gasteiger partial charge in [-0.1, -0.05) is 18.2 Å². The van der Waals surface area contributed by atoms with Gasteiger partial charge in [0.15, 0.2) is 0 Å². The molecule has 0 aliphatic carbocycles. The Morgan fingerprint density at radius 3 is 2.86 bits per heavy atom. The normalized spacial score (nSPS) is 10.4. The first-order valence-electron chi connectivity index (χ1n) is 6.69. The van der Waals surface area contributed by atoms with Crippen LogP contribution in [-0.2, 0) is 6.54 Å². The minimum Gasteiger partial charge on any atom is -0.322 e. The third kappa shape index (κ3) is 3.40. The maximum atomic E-state index is 12.3. The number of nitrogens with one attached hydrogen (secondary N) is 1. The number of hydrogen-bond acceptors (Lipinski definition) is 3. The fourth-order valence-electron chi connectivity index (χ4n) is 2.08. The van der Waals surface area contributed by atoms with Crippen LogP contribution in [0.2, 0.25) is 0 Å². The second kappa shape index (κ2) is 6.53. The average molecular weight is 357 g/mol. The molecule has 1 aromatic carbocycles. The quantitative estimate of drug-likeness (QED) is 0.779. The van der Waals surface area contributed by atoms with Crippen molar-refractivity contribution in [2.24, 2.45) is 0 Å². The molecule has 0 unspecified atom stereocenters. The van der Waals surface area contributed by atoms with E-state index in [-0.39, 0.29) is 5.91 Å². The van der Waals surface area contributed by atoms with E-state index in [1.165, 1.54) is 6.20 Å². The summed E-state index contributed by atoms with van der Waals surface area (Å²) >= 11 is 3.32. The third-order valence-electron chi connectivity index (χ3n) is 3.12. The number of amides is 1. The monoisotopic (exact) mass is 356 g/mol. The van der Waals surface area contributed by atoms with Crippen molar-refractivity contribution in [3.8, 4) is 0 Å². The molecular weight excluding hydrogens is 344 g/mol. The fraction of sp³-hybridized carbons (Fsp3) is 0.0625. The summed E-state index contributed by atoms with van der Waals surface area (Å²) in [5, 5.41) is 7.11. The Morgan fingerprint density at radius 2 is 2.09 bits per heavy atom. The Morgan fingerprint density at radius 1 is 1.23 bits per heavy atom. The molecule has 0 spiro atoms. The van der Waals surface area contributed by atoms with E-state index in [0.29, 0.717) is 12.1 Å². The summed E-state index contributed by atoms with van der Waals surface area (Å²) in [4.78, 5) is 16.3. The highest BCUT2D eigenvalue weighted by Gasteiger charge is 2.10. The smallest absolute Gasteiger partial charge is 0.257 e. The second-order valence-electron chi connectivity index (χ2n) is 4.71. The number of hydrogen-bond donors (Lipinski definition) is 1. The summed E-state index contributed by atoms with van der Waals surface area (Å²) in [6.45, 7) is 0.597. The standard InChI is InChI=1S/C16H13BrN4O/c17-14-8-13(9-18-10-14)16(22)20-15-5-2-1-4-12(15)11-21-7-3-6-19-21/h1-10H,11H2,(H,20,22). The van der Waals surface area contributed by atoms with E-state index in [4.69, 9.17) is 0 Å². The van der Waals surface area contributed by atoms with Crippen LogP contribution in [0.5, 0.6) is 0 Å². The molecule has 0 atom stereocenters. The van der Waals surface area contributed by atoms with Gasteiger partial charge in [-0.15, -0.1) is 0 Å². The molecule has 0 aliphatic rings. The molecule has 3 aromatic rings. The van der Waals surface area contributed by atoms with Gasteiger partial charge in [-0.2, -0.15) is 5.10 Å². The Hall–Kier alpha value is -2.47. The lowest BCUT2D eigenvalue weighted by Crippen LogP contribution is -2.14. The summed E-state index contributed by atoms with van der Waals surface area (Å²) in [5.74, 6) is -0.193. The van der Waals surface area contributed by atoms with Crippen molar-refractivity contribution in [2.75, 3.05) is 5.32 Å². The number of benzene rings is 1. The highest BCUT2D eigenvalue weighted by Crippen LogP contribution is 2.18. The maximum absolute atomic E-state index is 12.3. The van der Waals surface area contributed by atoms with Crippen molar-refractivity contribution in [1.82, 2.24) is 14.8 Å². The minimum atomic E-state index is -0.193. The molecule has 6 heteroatoms. The molecule has 0 radical (unpaired) electrons. The lowest BCUT2D eigenvalue weighted by atomic mass is 10.1. The van der Waals surface area contributed by atoms with E-state index in [0.717, 1.165) is 15.7 Å². The highest BCUT2D eigenvalue weighted by atomic mass is 79.9. The average Bonchev–Trinajstić information content (AvgIpc) is 3.02. The van der Waals surface area contributed by atoms with Gasteiger partial charge in [0.25, 0.3) is 5.91 Å². The summed E-state index contributed by atoms with van der Waals surface area (Å²) in [6, 6.07) is 11.3. The van der Waals surface area contributed by atoms with E-state index in [2.05, 4.69) is 31.3 Å². The molecule has 3 rings (SSSR count). The van der Waals surface area contributed by atoms with Crippen LogP contribution in [0.1, 0.15) is 15.9 Å². The first kappa shape index (κ1) is 14.5. The molecule has 110 valence electrons. The van der Waals surface area contributed by atoms with Crippen LogP contribution in [0.4, 0.5) is 5.69 Å². The van der Waals surface area contributed by atoms with Crippen LogP contribution in [0.3, 0.4) is 0 Å². The first-order valence-corrected chi connectivity index (χ1v) is 7.49. The molecule has 5 nitrogen and oxygen atoms in total. The van der Waals surface area contributed by atoms with Crippen LogP contribution >= 0.6 is 15.9 Å². The van der Waals surface area contributed by atoms with E-state index >= 15 is 0 Å². The van der Waals surface area contributed by atoms with E-state index in [1.807, 2.05) is 41.2 Å². The second-order valence-corrected chi connectivity index (χ2v) is 5.62. The Balaban J connectivity index is 1.81.